The number of nitrogens with zero attached hydrogens (tertiary/aromatic N) is 7. The molecule has 2 aromatic carbocycles. The fraction of sp³-hybridized carbons (Fsp3) is 0.240. The quantitative estimate of drug-likeness (QED) is 0.414. The van der Waals surface area contributed by atoms with Gasteiger partial charge < -0.3 is 15.0 Å². The second-order valence-electron chi connectivity index (χ2n) is 8.97. The number of carbonyl (C=O) groups excluding carboxylic acids is 2. The lowest BCUT2D eigenvalue weighted by Crippen LogP contribution is -2.49. The number of amides is 2. The highest BCUT2D eigenvalue weighted by atomic mass is 35.5. The van der Waals surface area contributed by atoms with E-state index in [1.54, 1.807) is 36.7 Å². The van der Waals surface area contributed by atoms with Crippen LogP contribution in [0.1, 0.15) is 18.4 Å². The lowest BCUT2D eigenvalue weighted by Gasteiger charge is -2.34. The van der Waals surface area contributed by atoms with E-state index in [2.05, 4.69) is 30.8 Å². The van der Waals surface area contributed by atoms with E-state index in [4.69, 9.17) is 16.3 Å². The molecule has 3 atom stereocenters. The Kier molecular flexibility index (Phi) is 6.04. The van der Waals surface area contributed by atoms with Crippen LogP contribution in [0.2, 0.25) is 5.02 Å². The van der Waals surface area contributed by atoms with Crippen molar-refractivity contribution >= 4 is 45.7 Å². The Hall–Kier alpha value is -4.29. The van der Waals surface area contributed by atoms with E-state index in [9.17, 15) is 9.59 Å². The second kappa shape index (κ2) is 9.54. The number of carbonyl (C=O) groups is 2. The van der Waals surface area contributed by atoms with Gasteiger partial charge in [0.05, 0.1) is 33.9 Å². The molecule has 4 aromatic rings. The van der Waals surface area contributed by atoms with Crippen LogP contribution in [0.4, 0.5) is 10.1 Å². The van der Waals surface area contributed by atoms with Crippen LogP contribution in [-0.2, 0) is 14.3 Å². The number of benzene rings is 2. The molecule has 1 fully saturated rings. The Balaban J connectivity index is 1.32. The van der Waals surface area contributed by atoms with Crippen molar-refractivity contribution in [2.45, 2.75) is 31.0 Å². The molecule has 0 aliphatic carbocycles. The number of halogens is 2. The molecule has 0 spiro atoms. The lowest BCUT2D eigenvalue weighted by molar-refractivity contribution is -0.135. The van der Waals surface area contributed by atoms with Gasteiger partial charge in [0.1, 0.15) is 12.4 Å². The number of hydrogen-bond acceptors (Lipinski definition) is 8. The van der Waals surface area contributed by atoms with E-state index >= 15 is 4.39 Å². The summed E-state index contributed by atoms with van der Waals surface area (Å²) in [6.45, 7) is 0. The summed E-state index contributed by atoms with van der Waals surface area (Å²) in [5.41, 5.74) is 2.74. The van der Waals surface area contributed by atoms with E-state index < -0.39 is 29.9 Å². The van der Waals surface area contributed by atoms with Gasteiger partial charge in [-0.15, -0.1) is 5.10 Å². The van der Waals surface area contributed by atoms with E-state index in [-0.39, 0.29) is 29.3 Å². The fourth-order valence-corrected chi connectivity index (χ4v) is 5.35. The minimum atomic E-state index is -0.781. The molecule has 2 aliphatic heterocycles. The first-order valence-electron chi connectivity index (χ1n) is 11.7. The molecule has 192 valence electrons. The van der Waals surface area contributed by atoms with Crippen LogP contribution in [0, 0.1) is 5.82 Å². The molecule has 2 amide bonds. The summed E-state index contributed by atoms with van der Waals surface area (Å²) >= 11 is 6.10. The Bertz CT molecular complexity index is 1600. The first-order valence-corrected chi connectivity index (χ1v) is 12.1. The third kappa shape index (κ3) is 4.07. The summed E-state index contributed by atoms with van der Waals surface area (Å²) < 4.78 is 22.3. The Labute approximate surface area is 220 Å². The number of fused-ring (bicyclic) bond motifs is 2. The first-order chi connectivity index (χ1) is 18.4. The molecular weight excluding hydrogens is 515 g/mol. The van der Waals surface area contributed by atoms with Gasteiger partial charge in [-0.3, -0.25) is 19.6 Å². The summed E-state index contributed by atoms with van der Waals surface area (Å²) in [4.78, 5) is 36.8. The average Bonchev–Trinajstić information content (AvgIpc) is 3.58. The maximum Gasteiger partial charge on any atom is 0.247 e. The number of rotatable bonds is 5. The predicted octanol–water partition coefficient (Wildman–Crippen LogP) is 2.81. The van der Waals surface area contributed by atoms with Crippen molar-refractivity contribution in [2.24, 2.45) is 0 Å². The Morgan fingerprint density at radius 3 is 2.76 bits per heavy atom. The van der Waals surface area contributed by atoms with Gasteiger partial charge in [0, 0.05) is 43.3 Å². The molecule has 6 rings (SSSR count). The largest absolute Gasteiger partial charge is 0.379 e. The summed E-state index contributed by atoms with van der Waals surface area (Å²) in [6.07, 6.45) is 5.91. The molecule has 1 unspecified atom stereocenters. The molecule has 0 saturated carbocycles. The number of hydrogen-bond donors (Lipinski definition) is 1. The number of anilines is 1. The monoisotopic (exact) mass is 534 g/mol. The molecule has 2 aliphatic rings. The smallest absolute Gasteiger partial charge is 0.247 e. The van der Waals surface area contributed by atoms with Gasteiger partial charge in [0.15, 0.2) is 5.82 Å². The summed E-state index contributed by atoms with van der Waals surface area (Å²) in [6, 6.07) is 6.92. The maximum absolute atomic E-state index is 15.4. The van der Waals surface area contributed by atoms with Gasteiger partial charge in [0.25, 0.3) is 0 Å². The number of nitrogens with one attached hydrogen (secondary N) is 1. The highest BCUT2D eigenvalue weighted by Crippen LogP contribution is 2.41. The summed E-state index contributed by atoms with van der Waals surface area (Å²) in [5.74, 6) is -1.47. The summed E-state index contributed by atoms with van der Waals surface area (Å²) in [7, 11) is 1.53. The molecular formula is C25H20ClFN8O3. The van der Waals surface area contributed by atoms with Crippen molar-refractivity contribution in [1.82, 2.24) is 35.1 Å². The zero-order valence-corrected chi connectivity index (χ0v) is 20.7. The van der Waals surface area contributed by atoms with Crippen LogP contribution in [-0.4, -0.2) is 72.2 Å². The van der Waals surface area contributed by atoms with E-state index in [0.717, 1.165) is 0 Å². The third-order valence-electron chi connectivity index (χ3n) is 6.89. The third-order valence-corrected chi connectivity index (χ3v) is 7.18. The molecule has 11 nitrogen and oxygen atoms in total. The van der Waals surface area contributed by atoms with Crippen LogP contribution in [0.3, 0.4) is 0 Å². The second-order valence-corrected chi connectivity index (χ2v) is 9.38. The van der Waals surface area contributed by atoms with Gasteiger partial charge in [-0.1, -0.05) is 11.6 Å². The number of methoxy groups -OCH3 is 1. The van der Waals surface area contributed by atoms with Crippen molar-refractivity contribution in [1.29, 1.82) is 0 Å². The van der Waals surface area contributed by atoms with Crippen molar-refractivity contribution in [2.75, 3.05) is 12.4 Å². The van der Waals surface area contributed by atoms with Gasteiger partial charge in [-0.2, -0.15) is 4.68 Å². The highest BCUT2D eigenvalue weighted by molar-refractivity contribution is 6.31. The fourth-order valence-electron chi connectivity index (χ4n) is 5.19. The topological polar surface area (TPSA) is 128 Å². The van der Waals surface area contributed by atoms with Gasteiger partial charge >= 0.3 is 0 Å². The van der Waals surface area contributed by atoms with Gasteiger partial charge in [-0.25, -0.2) is 4.39 Å². The molecule has 2 aromatic heterocycles. The molecule has 1 N–H and O–H groups in total. The van der Waals surface area contributed by atoms with Crippen LogP contribution >= 0.6 is 11.6 Å². The minimum Gasteiger partial charge on any atom is -0.379 e. The molecule has 4 heterocycles. The molecule has 0 radical (unpaired) electrons. The molecule has 1 saturated heterocycles. The standard InChI is InChI=1S/C25H20ClFN8O3/c1-38-21-11-20(25(37)31-14-2-4-16-17(10-14)29-7-6-28-16)35-19(21)8-13(9-22(35)36)23-18(34-12-30-32-33-34)5-3-15(26)24(23)27/h2-7,9-10,12,19-21H,8,11H2,1H3,(H,31,37)/t19?,20-,21-/m0/s1. The zero-order valence-electron chi connectivity index (χ0n) is 20.0. The number of tetrazole rings is 1. The van der Waals surface area contributed by atoms with Crippen molar-refractivity contribution in [3.63, 3.8) is 0 Å². The van der Waals surface area contributed by atoms with Crippen molar-refractivity contribution in [3.05, 3.63) is 71.5 Å². The average molecular weight is 535 g/mol. The van der Waals surface area contributed by atoms with Crippen molar-refractivity contribution in [3.8, 4) is 5.69 Å². The van der Waals surface area contributed by atoms with Gasteiger partial charge in [-0.05, 0) is 52.8 Å². The van der Waals surface area contributed by atoms with Crippen molar-refractivity contribution < 1.29 is 18.7 Å². The normalized spacial score (nSPS) is 20.9. The SMILES string of the molecule is CO[C@H]1C[C@@H](C(=O)Nc2ccc3nccnc3c2)N2C(=O)C=C(c3c(-n4cnnn4)ccc(Cl)c3F)CC12. The molecule has 0 bridgehead atoms. The van der Waals surface area contributed by atoms with E-state index in [1.165, 1.54) is 35.2 Å². The number of aromatic nitrogens is 6. The van der Waals surface area contributed by atoms with E-state index in [1.807, 2.05) is 0 Å². The van der Waals surface area contributed by atoms with Crippen LogP contribution in [0.25, 0.3) is 22.3 Å². The predicted molar refractivity (Wildman–Crippen MR) is 135 cm³/mol. The van der Waals surface area contributed by atoms with Crippen LogP contribution in [0.5, 0.6) is 0 Å². The summed E-state index contributed by atoms with van der Waals surface area (Å²) in [5, 5.41) is 13.9. The van der Waals surface area contributed by atoms with Crippen LogP contribution in [0.15, 0.2) is 55.1 Å². The Morgan fingerprint density at radius 1 is 1.18 bits per heavy atom. The maximum atomic E-state index is 15.4. The lowest BCUT2D eigenvalue weighted by atomic mass is 9.91. The highest BCUT2D eigenvalue weighted by Gasteiger charge is 2.49. The molecule has 13 heteroatoms. The molecule has 38 heavy (non-hydrogen) atoms. The van der Waals surface area contributed by atoms with Gasteiger partial charge in [0.2, 0.25) is 11.8 Å². The first kappa shape index (κ1) is 24.1. The van der Waals surface area contributed by atoms with Crippen LogP contribution < -0.4 is 5.32 Å². The Morgan fingerprint density at radius 2 is 2.00 bits per heavy atom. The zero-order chi connectivity index (χ0) is 26.4. The number of ether oxygens (including phenoxy) is 1. The minimum absolute atomic E-state index is 0.0976. The van der Waals surface area contributed by atoms with E-state index in [0.29, 0.717) is 28.0 Å².